The molecule has 2 fully saturated rings. The van der Waals surface area contributed by atoms with E-state index in [1.165, 1.54) is 6.07 Å². The summed E-state index contributed by atoms with van der Waals surface area (Å²) in [6, 6.07) is 8.23. The standard InChI is InChI=1S/C19H22N2O4/c22-15-11-18(25-17-4-2-1-3-14(15)17)19(24)21-9-7-20(8-10-21)12-16(23)13-5-6-13/h1-4,11,13,16,23H,5-10,12H2/t16-/m0/s1. The molecule has 1 saturated carbocycles. The van der Waals surface area contributed by atoms with Gasteiger partial charge in [0, 0.05) is 38.8 Å². The SMILES string of the molecule is O=C(c1cc(=O)c2ccccc2o1)N1CCN(C[C@H](O)C2CC2)CC1. The smallest absolute Gasteiger partial charge is 0.289 e. The van der Waals surface area contributed by atoms with E-state index in [0.717, 1.165) is 25.9 Å². The summed E-state index contributed by atoms with van der Waals surface area (Å²) >= 11 is 0. The van der Waals surface area contributed by atoms with Crippen molar-refractivity contribution < 1.29 is 14.3 Å². The molecule has 1 aliphatic carbocycles. The van der Waals surface area contributed by atoms with Crippen LogP contribution in [0.2, 0.25) is 0 Å². The Kier molecular flexibility index (Phi) is 4.31. The number of hydrogen-bond acceptors (Lipinski definition) is 5. The van der Waals surface area contributed by atoms with Crippen molar-refractivity contribution in [2.75, 3.05) is 32.7 Å². The highest BCUT2D eigenvalue weighted by molar-refractivity contribution is 5.93. The molecule has 1 aliphatic heterocycles. The van der Waals surface area contributed by atoms with Gasteiger partial charge in [-0.1, -0.05) is 12.1 Å². The molecule has 0 radical (unpaired) electrons. The Labute approximate surface area is 145 Å². The molecular formula is C19H22N2O4. The van der Waals surface area contributed by atoms with Crippen molar-refractivity contribution >= 4 is 16.9 Å². The fourth-order valence-corrected chi connectivity index (χ4v) is 3.39. The lowest BCUT2D eigenvalue weighted by atomic mass is 10.2. The first-order valence-electron chi connectivity index (χ1n) is 8.84. The van der Waals surface area contributed by atoms with Gasteiger partial charge in [-0.3, -0.25) is 14.5 Å². The lowest BCUT2D eigenvalue weighted by molar-refractivity contribution is 0.0468. The van der Waals surface area contributed by atoms with E-state index in [-0.39, 0.29) is 23.2 Å². The monoisotopic (exact) mass is 342 g/mol. The van der Waals surface area contributed by atoms with E-state index in [4.69, 9.17) is 4.42 Å². The van der Waals surface area contributed by atoms with Crippen LogP contribution in [0.5, 0.6) is 0 Å². The van der Waals surface area contributed by atoms with Crippen molar-refractivity contribution in [1.82, 2.24) is 9.80 Å². The van der Waals surface area contributed by atoms with Crippen LogP contribution in [0.1, 0.15) is 23.4 Å². The van der Waals surface area contributed by atoms with Crippen molar-refractivity contribution in [1.29, 1.82) is 0 Å². The van der Waals surface area contributed by atoms with Crippen LogP contribution in [0.3, 0.4) is 0 Å². The summed E-state index contributed by atoms with van der Waals surface area (Å²) in [6.07, 6.45) is 2.00. The largest absolute Gasteiger partial charge is 0.451 e. The number of aliphatic hydroxyl groups excluding tert-OH is 1. The Balaban J connectivity index is 1.42. The second kappa shape index (κ2) is 6.61. The van der Waals surface area contributed by atoms with Crippen molar-refractivity contribution in [3.05, 3.63) is 46.3 Å². The van der Waals surface area contributed by atoms with E-state index in [1.807, 2.05) is 0 Å². The molecule has 1 atom stereocenters. The quantitative estimate of drug-likeness (QED) is 0.907. The summed E-state index contributed by atoms with van der Waals surface area (Å²) in [4.78, 5) is 28.7. The van der Waals surface area contributed by atoms with Gasteiger partial charge in [-0.15, -0.1) is 0 Å². The molecule has 0 bridgehead atoms. The number of para-hydroxylation sites is 1. The maximum Gasteiger partial charge on any atom is 0.289 e. The van der Waals surface area contributed by atoms with Gasteiger partial charge in [0.1, 0.15) is 5.58 Å². The molecule has 0 spiro atoms. The van der Waals surface area contributed by atoms with E-state index in [2.05, 4.69) is 4.90 Å². The van der Waals surface area contributed by atoms with Gasteiger partial charge in [-0.05, 0) is 30.9 Å². The molecule has 2 aliphatic rings. The Bertz CT molecular complexity index is 835. The third kappa shape index (κ3) is 3.45. The number of carbonyl (C=O) groups is 1. The first-order valence-corrected chi connectivity index (χ1v) is 8.84. The van der Waals surface area contributed by atoms with Crippen LogP contribution in [0.4, 0.5) is 0 Å². The Morgan fingerprint density at radius 2 is 1.92 bits per heavy atom. The van der Waals surface area contributed by atoms with Crippen LogP contribution in [0.15, 0.2) is 39.5 Å². The van der Waals surface area contributed by atoms with E-state index < -0.39 is 0 Å². The molecular weight excluding hydrogens is 320 g/mol. The number of rotatable bonds is 4. The van der Waals surface area contributed by atoms with Gasteiger partial charge in [0.05, 0.1) is 11.5 Å². The molecule has 6 heteroatoms. The zero-order valence-electron chi connectivity index (χ0n) is 14.1. The molecule has 1 amide bonds. The van der Waals surface area contributed by atoms with Crippen LogP contribution in [0, 0.1) is 5.92 Å². The summed E-state index contributed by atoms with van der Waals surface area (Å²) in [6.45, 7) is 3.29. The molecule has 6 nitrogen and oxygen atoms in total. The predicted molar refractivity (Wildman–Crippen MR) is 93.6 cm³/mol. The molecule has 1 aromatic heterocycles. The highest BCUT2D eigenvalue weighted by atomic mass is 16.3. The molecule has 132 valence electrons. The number of benzene rings is 1. The summed E-state index contributed by atoms with van der Waals surface area (Å²) in [5, 5.41) is 10.5. The summed E-state index contributed by atoms with van der Waals surface area (Å²) in [5.41, 5.74) is 0.237. The van der Waals surface area contributed by atoms with Gasteiger partial charge in [0.2, 0.25) is 0 Å². The van der Waals surface area contributed by atoms with Crippen molar-refractivity contribution in [2.24, 2.45) is 5.92 Å². The van der Waals surface area contributed by atoms with E-state index in [0.29, 0.717) is 36.5 Å². The van der Waals surface area contributed by atoms with Gasteiger partial charge in [-0.25, -0.2) is 0 Å². The van der Waals surface area contributed by atoms with Crippen LogP contribution in [-0.2, 0) is 0 Å². The van der Waals surface area contributed by atoms with Gasteiger partial charge in [-0.2, -0.15) is 0 Å². The topological polar surface area (TPSA) is 74.0 Å². The van der Waals surface area contributed by atoms with Gasteiger partial charge < -0.3 is 14.4 Å². The number of β-amino-alcohol motifs (C(OH)–C–C–N with tert-alkyl or cyclic N) is 1. The zero-order chi connectivity index (χ0) is 17.4. The van der Waals surface area contributed by atoms with Gasteiger partial charge >= 0.3 is 0 Å². The summed E-state index contributed by atoms with van der Waals surface area (Å²) < 4.78 is 5.64. The fraction of sp³-hybridized carbons (Fsp3) is 0.474. The van der Waals surface area contributed by atoms with E-state index in [1.54, 1.807) is 29.2 Å². The van der Waals surface area contributed by atoms with Gasteiger partial charge in [0.25, 0.3) is 5.91 Å². The Morgan fingerprint density at radius 3 is 2.64 bits per heavy atom. The Morgan fingerprint density at radius 1 is 1.20 bits per heavy atom. The third-order valence-corrected chi connectivity index (χ3v) is 5.12. The Hall–Kier alpha value is -2.18. The maximum atomic E-state index is 12.7. The molecule has 25 heavy (non-hydrogen) atoms. The van der Waals surface area contributed by atoms with Crippen LogP contribution < -0.4 is 5.43 Å². The first-order chi connectivity index (χ1) is 12.1. The van der Waals surface area contributed by atoms with Crippen molar-refractivity contribution in [2.45, 2.75) is 18.9 Å². The fourth-order valence-electron chi connectivity index (χ4n) is 3.39. The number of piperazine rings is 1. The lowest BCUT2D eigenvalue weighted by Crippen LogP contribution is -2.50. The second-order valence-electron chi connectivity index (χ2n) is 6.97. The van der Waals surface area contributed by atoms with Crippen LogP contribution in [0.25, 0.3) is 11.0 Å². The van der Waals surface area contributed by atoms with E-state index >= 15 is 0 Å². The number of carbonyl (C=O) groups excluding carboxylic acids is 1. The number of fused-ring (bicyclic) bond motifs is 1. The molecule has 0 unspecified atom stereocenters. The average molecular weight is 342 g/mol. The molecule has 1 aromatic carbocycles. The summed E-state index contributed by atoms with van der Waals surface area (Å²) in [5.74, 6) is 0.312. The highest BCUT2D eigenvalue weighted by Crippen LogP contribution is 2.32. The minimum absolute atomic E-state index is 0.0927. The minimum atomic E-state index is -0.249. The number of hydrogen-bond donors (Lipinski definition) is 1. The summed E-state index contributed by atoms with van der Waals surface area (Å²) in [7, 11) is 0. The molecule has 1 saturated heterocycles. The van der Waals surface area contributed by atoms with Crippen molar-refractivity contribution in [3.63, 3.8) is 0 Å². The maximum absolute atomic E-state index is 12.7. The minimum Gasteiger partial charge on any atom is -0.451 e. The second-order valence-corrected chi connectivity index (χ2v) is 6.97. The van der Waals surface area contributed by atoms with Crippen LogP contribution >= 0.6 is 0 Å². The highest BCUT2D eigenvalue weighted by Gasteiger charge is 2.32. The zero-order valence-corrected chi connectivity index (χ0v) is 14.1. The molecule has 4 rings (SSSR count). The average Bonchev–Trinajstić information content (AvgIpc) is 3.47. The third-order valence-electron chi connectivity index (χ3n) is 5.12. The molecule has 2 heterocycles. The molecule has 2 aromatic rings. The molecule has 1 N–H and O–H groups in total. The van der Waals surface area contributed by atoms with Crippen molar-refractivity contribution in [3.8, 4) is 0 Å². The van der Waals surface area contributed by atoms with E-state index in [9.17, 15) is 14.7 Å². The normalized spacial score (nSPS) is 20.0. The predicted octanol–water partition coefficient (Wildman–Crippen LogP) is 1.32. The van der Waals surface area contributed by atoms with Crippen LogP contribution in [-0.4, -0.2) is 59.6 Å². The first kappa shape index (κ1) is 16.3. The number of nitrogens with zero attached hydrogens (tertiary/aromatic N) is 2. The number of aliphatic hydroxyl groups is 1. The van der Waals surface area contributed by atoms with Gasteiger partial charge in [0.15, 0.2) is 11.2 Å². The number of amides is 1. The lowest BCUT2D eigenvalue weighted by Gasteiger charge is -2.35.